The van der Waals surface area contributed by atoms with Crippen molar-refractivity contribution in [3.05, 3.63) is 18.2 Å². The Balaban J connectivity index is 1.92. The summed E-state index contributed by atoms with van der Waals surface area (Å²) in [4.78, 5) is 14.6. The molecule has 0 unspecified atom stereocenters. The second-order valence-corrected chi connectivity index (χ2v) is 9.81. The summed E-state index contributed by atoms with van der Waals surface area (Å²) in [5, 5.41) is 2.90. The number of amides is 1. The Kier molecular flexibility index (Phi) is 6.43. The number of hydrogen-bond acceptors (Lipinski definition) is 4. The van der Waals surface area contributed by atoms with Crippen LogP contribution in [0.2, 0.25) is 0 Å². The molecule has 1 aromatic carbocycles. The van der Waals surface area contributed by atoms with Crippen LogP contribution >= 0.6 is 0 Å². The number of benzene rings is 1. The lowest BCUT2D eigenvalue weighted by molar-refractivity contribution is -0.119. The van der Waals surface area contributed by atoms with Crippen molar-refractivity contribution in [2.75, 3.05) is 16.8 Å². The zero-order valence-electron chi connectivity index (χ0n) is 17.1. The van der Waals surface area contributed by atoms with Gasteiger partial charge in [-0.15, -0.1) is 4.40 Å². The number of amidine groups is 1. The molecule has 0 radical (unpaired) electrons. The van der Waals surface area contributed by atoms with Crippen molar-refractivity contribution < 1.29 is 13.2 Å². The number of rotatable bonds is 7. The van der Waals surface area contributed by atoms with E-state index in [2.05, 4.69) is 30.5 Å². The van der Waals surface area contributed by atoms with E-state index < -0.39 is 10.0 Å². The summed E-state index contributed by atoms with van der Waals surface area (Å²) in [6, 6.07) is 5.17. The number of unbranched alkanes of at least 4 members (excludes halogenated alkanes) is 1. The summed E-state index contributed by atoms with van der Waals surface area (Å²) in [6.45, 7) is 6.97. The van der Waals surface area contributed by atoms with Crippen molar-refractivity contribution in [2.45, 2.75) is 70.6 Å². The van der Waals surface area contributed by atoms with Crippen molar-refractivity contribution in [1.82, 2.24) is 0 Å². The normalized spacial score (nSPS) is 18.9. The Hall–Kier alpha value is -1.89. The van der Waals surface area contributed by atoms with Crippen LogP contribution in [0.1, 0.15) is 65.7 Å². The summed E-state index contributed by atoms with van der Waals surface area (Å²) in [5.74, 6) is 0.935. The summed E-state index contributed by atoms with van der Waals surface area (Å²) < 4.78 is 29.8. The first-order valence-corrected chi connectivity index (χ1v) is 11.8. The number of nitrogens with one attached hydrogen (secondary N) is 1. The van der Waals surface area contributed by atoms with Crippen molar-refractivity contribution >= 4 is 33.1 Å². The van der Waals surface area contributed by atoms with Crippen LogP contribution in [-0.2, 0) is 14.8 Å². The molecular weight excluding hydrogens is 374 g/mol. The number of carbonyl (C=O) groups is 1. The molecule has 1 amide bonds. The zero-order chi connectivity index (χ0) is 20.3. The largest absolute Gasteiger partial charge is 0.328 e. The van der Waals surface area contributed by atoms with Crippen molar-refractivity contribution in [3.63, 3.8) is 0 Å². The van der Waals surface area contributed by atoms with Gasteiger partial charge < -0.3 is 10.2 Å². The second kappa shape index (κ2) is 8.64. The molecule has 0 bridgehead atoms. The van der Waals surface area contributed by atoms with E-state index in [-0.39, 0.29) is 16.7 Å². The molecule has 6 nitrogen and oxygen atoms in total. The molecule has 1 fully saturated rings. The minimum Gasteiger partial charge on any atom is -0.328 e. The number of carbonyl (C=O) groups excluding carboxylic acids is 1. The van der Waals surface area contributed by atoms with E-state index in [0.717, 1.165) is 45.1 Å². The van der Waals surface area contributed by atoms with Gasteiger partial charge in [-0.25, -0.2) is 0 Å². The minimum atomic E-state index is -3.78. The summed E-state index contributed by atoms with van der Waals surface area (Å²) >= 11 is 0. The third-order valence-electron chi connectivity index (χ3n) is 5.39. The fraction of sp³-hybridized carbons (Fsp3) is 0.619. The van der Waals surface area contributed by atoms with Crippen LogP contribution in [-0.4, -0.2) is 26.7 Å². The van der Waals surface area contributed by atoms with Crippen LogP contribution < -0.4 is 10.2 Å². The van der Waals surface area contributed by atoms with Gasteiger partial charge in [-0.3, -0.25) is 4.79 Å². The summed E-state index contributed by atoms with van der Waals surface area (Å²) in [5.41, 5.74) is 1.19. The monoisotopic (exact) mass is 405 g/mol. The molecule has 1 aliphatic carbocycles. The molecule has 0 atom stereocenters. The molecule has 2 aliphatic rings. The molecule has 0 aromatic heterocycles. The third kappa shape index (κ3) is 4.57. The van der Waals surface area contributed by atoms with E-state index in [1.54, 1.807) is 12.1 Å². The third-order valence-corrected chi connectivity index (χ3v) is 6.72. The quantitative estimate of drug-likeness (QED) is 0.721. The van der Waals surface area contributed by atoms with Gasteiger partial charge in [-0.05, 0) is 43.4 Å². The van der Waals surface area contributed by atoms with Crippen LogP contribution in [0.4, 0.5) is 11.4 Å². The fourth-order valence-corrected chi connectivity index (χ4v) is 5.18. The van der Waals surface area contributed by atoms with Gasteiger partial charge >= 0.3 is 0 Å². The van der Waals surface area contributed by atoms with Gasteiger partial charge in [0.25, 0.3) is 10.0 Å². The standard InChI is InChI=1S/C21H31N3O3S/c1-4-5-12-24-18-11-10-17(22-21(25)16-8-6-7-9-16)14-19(18)28(26,27)23-20(24)13-15(2)3/h10-11,14-16H,4-9,12-13H2,1-3H3,(H,22,25). The van der Waals surface area contributed by atoms with Gasteiger partial charge in [0, 0.05) is 24.6 Å². The number of nitrogens with zero attached hydrogens (tertiary/aromatic N) is 2. The molecule has 1 saturated carbocycles. The van der Waals surface area contributed by atoms with Crippen molar-refractivity contribution in [2.24, 2.45) is 16.2 Å². The molecule has 28 heavy (non-hydrogen) atoms. The highest BCUT2D eigenvalue weighted by atomic mass is 32.2. The number of sulfonamides is 1. The Morgan fingerprint density at radius 3 is 2.64 bits per heavy atom. The van der Waals surface area contributed by atoms with Crippen LogP contribution in [0.15, 0.2) is 27.5 Å². The molecule has 1 N–H and O–H groups in total. The van der Waals surface area contributed by atoms with Crippen LogP contribution in [0.3, 0.4) is 0 Å². The maximum Gasteiger partial charge on any atom is 0.286 e. The van der Waals surface area contributed by atoms with Crippen molar-refractivity contribution in [3.8, 4) is 0 Å². The molecular formula is C21H31N3O3S. The lowest BCUT2D eigenvalue weighted by Crippen LogP contribution is -2.37. The molecule has 0 saturated heterocycles. The Morgan fingerprint density at radius 1 is 1.29 bits per heavy atom. The average molecular weight is 406 g/mol. The van der Waals surface area contributed by atoms with Gasteiger partial charge in [0.15, 0.2) is 0 Å². The van der Waals surface area contributed by atoms with E-state index in [1.165, 1.54) is 0 Å². The Labute approximate surface area is 168 Å². The zero-order valence-corrected chi connectivity index (χ0v) is 17.9. The maximum absolute atomic E-state index is 12.9. The first-order chi connectivity index (χ1) is 13.3. The van der Waals surface area contributed by atoms with Gasteiger partial charge in [0.1, 0.15) is 10.7 Å². The molecule has 1 aliphatic heterocycles. The maximum atomic E-state index is 12.9. The fourth-order valence-electron chi connectivity index (χ4n) is 3.91. The Morgan fingerprint density at radius 2 is 2.00 bits per heavy atom. The average Bonchev–Trinajstić information content (AvgIpc) is 3.16. The summed E-state index contributed by atoms with van der Waals surface area (Å²) in [7, 11) is -3.78. The number of hydrogen-bond donors (Lipinski definition) is 1. The van der Waals surface area contributed by atoms with E-state index in [1.807, 2.05) is 11.0 Å². The number of fused-ring (bicyclic) bond motifs is 1. The second-order valence-electron chi connectivity index (χ2n) is 8.24. The highest BCUT2D eigenvalue weighted by molar-refractivity contribution is 7.90. The lowest BCUT2D eigenvalue weighted by Gasteiger charge is -2.32. The molecule has 7 heteroatoms. The minimum absolute atomic E-state index is 0.0162. The first-order valence-electron chi connectivity index (χ1n) is 10.4. The lowest BCUT2D eigenvalue weighted by atomic mass is 10.1. The first kappa shape index (κ1) is 20.8. The SMILES string of the molecule is CCCCN1C(CC(C)C)=NS(=O)(=O)c2cc(NC(=O)C3CCCC3)ccc21. The van der Waals surface area contributed by atoms with Gasteiger partial charge in [-0.1, -0.05) is 40.0 Å². The predicted octanol–water partition coefficient (Wildman–Crippen LogP) is 4.57. The highest BCUT2D eigenvalue weighted by Gasteiger charge is 2.31. The van der Waals surface area contributed by atoms with E-state index in [0.29, 0.717) is 29.5 Å². The topological polar surface area (TPSA) is 78.8 Å². The van der Waals surface area contributed by atoms with E-state index >= 15 is 0 Å². The Bertz CT molecular complexity index is 856. The van der Waals surface area contributed by atoms with Gasteiger partial charge in [0.05, 0.1) is 5.69 Å². The predicted molar refractivity (Wildman–Crippen MR) is 113 cm³/mol. The summed E-state index contributed by atoms with van der Waals surface area (Å²) in [6.07, 6.45) is 6.56. The van der Waals surface area contributed by atoms with Crippen LogP contribution in [0.25, 0.3) is 0 Å². The molecule has 1 aromatic rings. The van der Waals surface area contributed by atoms with Gasteiger partial charge in [-0.2, -0.15) is 8.42 Å². The van der Waals surface area contributed by atoms with Crippen LogP contribution in [0, 0.1) is 11.8 Å². The molecule has 0 spiro atoms. The molecule has 1 heterocycles. The smallest absolute Gasteiger partial charge is 0.286 e. The molecule has 154 valence electrons. The molecule has 3 rings (SSSR count). The highest BCUT2D eigenvalue weighted by Crippen LogP contribution is 2.36. The van der Waals surface area contributed by atoms with E-state index in [4.69, 9.17) is 0 Å². The van der Waals surface area contributed by atoms with Crippen LogP contribution in [0.5, 0.6) is 0 Å². The van der Waals surface area contributed by atoms with E-state index in [9.17, 15) is 13.2 Å². The number of anilines is 2. The van der Waals surface area contributed by atoms with Crippen molar-refractivity contribution in [1.29, 1.82) is 0 Å². The van der Waals surface area contributed by atoms with Gasteiger partial charge in [0.2, 0.25) is 5.91 Å².